The summed E-state index contributed by atoms with van der Waals surface area (Å²) in [5, 5.41) is 11.6. The summed E-state index contributed by atoms with van der Waals surface area (Å²) in [6, 6.07) is 1.42. The SMILES string of the molecule is C[C@@H](O)[C@@H](N)c1sccc1Cl. The second kappa shape index (κ2) is 3.54. The third-order valence-corrected chi connectivity index (χ3v) is 2.93. The molecule has 0 unspecified atom stereocenters. The van der Waals surface area contributed by atoms with Crippen molar-refractivity contribution in [2.75, 3.05) is 0 Å². The third kappa shape index (κ3) is 1.93. The summed E-state index contributed by atoms with van der Waals surface area (Å²) >= 11 is 7.27. The number of aliphatic hydroxyl groups excluding tert-OH is 1. The van der Waals surface area contributed by atoms with Crippen LogP contribution < -0.4 is 5.73 Å². The standard InChI is InChI=1S/C7H10ClNOS/c1-4(10)6(9)7-5(8)2-3-11-7/h2-4,6,10H,9H2,1H3/t4-,6-/m1/s1. The summed E-state index contributed by atoms with van der Waals surface area (Å²) in [5.41, 5.74) is 5.66. The highest BCUT2D eigenvalue weighted by Crippen LogP contribution is 2.28. The van der Waals surface area contributed by atoms with Gasteiger partial charge in [0.1, 0.15) is 0 Å². The normalized spacial score (nSPS) is 16.4. The first-order valence-corrected chi connectivity index (χ1v) is 4.55. The van der Waals surface area contributed by atoms with E-state index in [2.05, 4.69) is 0 Å². The molecule has 3 N–H and O–H groups in total. The fourth-order valence-electron chi connectivity index (χ4n) is 0.762. The Kier molecular flexibility index (Phi) is 2.90. The van der Waals surface area contributed by atoms with E-state index in [4.69, 9.17) is 22.4 Å². The lowest BCUT2D eigenvalue weighted by Gasteiger charge is -2.12. The van der Waals surface area contributed by atoms with Gasteiger partial charge < -0.3 is 10.8 Å². The molecule has 11 heavy (non-hydrogen) atoms. The van der Waals surface area contributed by atoms with E-state index in [-0.39, 0.29) is 6.04 Å². The highest BCUT2D eigenvalue weighted by molar-refractivity contribution is 7.10. The van der Waals surface area contributed by atoms with Crippen molar-refractivity contribution < 1.29 is 5.11 Å². The van der Waals surface area contributed by atoms with Gasteiger partial charge in [-0.15, -0.1) is 11.3 Å². The van der Waals surface area contributed by atoms with Crippen LogP contribution in [0.3, 0.4) is 0 Å². The van der Waals surface area contributed by atoms with Crippen molar-refractivity contribution in [3.63, 3.8) is 0 Å². The van der Waals surface area contributed by atoms with Crippen molar-refractivity contribution in [2.45, 2.75) is 19.1 Å². The van der Waals surface area contributed by atoms with Gasteiger partial charge in [-0.25, -0.2) is 0 Å². The fraction of sp³-hybridized carbons (Fsp3) is 0.429. The number of hydrogen-bond donors (Lipinski definition) is 2. The average molecular weight is 192 g/mol. The Hall–Kier alpha value is -0.0900. The molecule has 0 bridgehead atoms. The van der Waals surface area contributed by atoms with Crippen molar-refractivity contribution in [2.24, 2.45) is 5.73 Å². The highest BCUT2D eigenvalue weighted by atomic mass is 35.5. The Balaban J connectivity index is 2.84. The zero-order valence-electron chi connectivity index (χ0n) is 6.12. The maximum absolute atomic E-state index is 9.14. The highest BCUT2D eigenvalue weighted by Gasteiger charge is 2.15. The Morgan fingerprint density at radius 2 is 2.36 bits per heavy atom. The molecule has 0 aliphatic rings. The first-order valence-electron chi connectivity index (χ1n) is 3.29. The molecule has 0 spiro atoms. The maximum Gasteiger partial charge on any atom is 0.0713 e. The van der Waals surface area contributed by atoms with E-state index in [1.165, 1.54) is 11.3 Å². The third-order valence-electron chi connectivity index (χ3n) is 1.47. The van der Waals surface area contributed by atoms with E-state index < -0.39 is 6.10 Å². The molecule has 0 fully saturated rings. The van der Waals surface area contributed by atoms with Gasteiger partial charge in [0.2, 0.25) is 0 Å². The van der Waals surface area contributed by atoms with Gasteiger partial charge in [-0.3, -0.25) is 0 Å². The summed E-state index contributed by atoms with van der Waals surface area (Å²) < 4.78 is 0. The number of nitrogens with two attached hydrogens (primary N) is 1. The smallest absolute Gasteiger partial charge is 0.0713 e. The zero-order valence-corrected chi connectivity index (χ0v) is 7.69. The molecule has 0 aliphatic heterocycles. The molecular formula is C7H10ClNOS. The second-order valence-electron chi connectivity index (χ2n) is 2.40. The quantitative estimate of drug-likeness (QED) is 0.749. The molecule has 0 amide bonds. The van der Waals surface area contributed by atoms with Crippen LogP contribution in [0.1, 0.15) is 17.8 Å². The number of rotatable bonds is 2. The van der Waals surface area contributed by atoms with Crippen molar-refractivity contribution in [1.29, 1.82) is 0 Å². The minimum Gasteiger partial charge on any atom is -0.391 e. The van der Waals surface area contributed by atoms with Crippen LogP contribution >= 0.6 is 22.9 Å². The summed E-state index contributed by atoms with van der Waals surface area (Å²) in [4.78, 5) is 0.849. The van der Waals surface area contributed by atoms with Crippen molar-refractivity contribution in [3.05, 3.63) is 21.3 Å². The van der Waals surface area contributed by atoms with Gasteiger partial charge >= 0.3 is 0 Å². The van der Waals surface area contributed by atoms with Gasteiger partial charge in [-0.2, -0.15) is 0 Å². The van der Waals surface area contributed by atoms with Crippen LogP contribution in [0.25, 0.3) is 0 Å². The van der Waals surface area contributed by atoms with Gasteiger partial charge in [0, 0.05) is 4.88 Å². The van der Waals surface area contributed by atoms with Gasteiger partial charge in [0.25, 0.3) is 0 Å². The minimum atomic E-state index is -0.550. The van der Waals surface area contributed by atoms with E-state index >= 15 is 0 Å². The van der Waals surface area contributed by atoms with Gasteiger partial charge in [-0.1, -0.05) is 11.6 Å². The predicted octanol–water partition coefficient (Wildman–Crippen LogP) is 1.78. The number of thiophene rings is 1. The molecule has 1 heterocycles. The van der Waals surface area contributed by atoms with Gasteiger partial charge in [0.05, 0.1) is 17.2 Å². The lowest BCUT2D eigenvalue weighted by atomic mass is 10.1. The van der Waals surface area contributed by atoms with Crippen LogP contribution in [0.5, 0.6) is 0 Å². The van der Waals surface area contributed by atoms with Crippen molar-refractivity contribution >= 4 is 22.9 Å². The van der Waals surface area contributed by atoms with Gasteiger partial charge in [-0.05, 0) is 18.4 Å². The molecule has 62 valence electrons. The number of hydrogen-bond acceptors (Lipinski definition) is 3. The van der Waals surface area contributed by atoms with Crippen LogP contribution in [0.4, 0.5) is 0 Å². The van der Waals surface area contributed by atoms with Crippen LogP contribution in [-0.4, -0.2) is 11.2 Å². The number of aliphatic hydroxyl groups is 1. The molecule has 2 nitrogen and oxygen atoms in total. The van der Waals surface area contributed by atoms with Crippen LogP contribution in [0, 0.1) is 0 Å². The Morgan fingerprint density at radius 3 is 2.73 bits per heavy atom. The predicted molar refractivity (Wildman–Crippen MR) is 47.9 cm³/mol. The zero-order chi connectivity index (χ0) is 8.43. The van der Waals surface area contributed by atoms with E-state index in [1.54, 1.807) is 13.0 Å². The molecule has 4 heteroatoms. The Bertz CT molecular complexity index is 236. The monoisotopic (exact) mass is 191 g/mol. The lowest BCUT2D eigenvalue weighted by Crippen LogP contribution is -2.22. The maximum atomic E-state index is 9.14. The van der Waals surface area contributed by atoms with Crippen LogP contribution in [0.2, 0.25) is 5.02 Å². The first kappa shape index (κ1) is 9.00. The van der Waals surface area contributed by atoms with Crippen LogP contribution in [-0.2, 0) is 0 Å². The summed E-state index contributed by atoms with van der Waals surface area (Å²) in [6.45, 7) is 1.65. The largest absolute Gasteiger partial charge is 0.391 e. The molecule has 0 saturated carbocycles. The molecule has 1 aromatic heterocycles. The van der Waals surface area contributed by atoms with E-state index in [1.807, 2.05) is 5.38 Å². The molecular weight excluding hydrogens is 182 g/mol. The Labute approximate surface area is 74.6 Å². The molecule has 0 aliphatic carbocycles. The summed E-state index contributed by atoms with van der Waals surface area (Å²) in [7, 11) is 0. The topological polar surface area (TPSA) is 46.2 Å². The second-order valence-corrected chi connectivity index (χ2v) is 3.75. The van der Waals surface area contributed by atoms with Crippen LogP contribution in [0.15, 0.2) is 11.4 Å². The average Bonchev–Trinajstić information content (AvgIpc) is 2.33. The minimum absolute atomic E-state index is 0.359. The molecule has 2 atom stereocenters. The molecule has 0 saturated heterocycles. The summed E-state index contributed by atoms with van der Waals surface area (Å²) in [5.74, 6) is 0. The van der Waals surface area contributed by atoms with E-state index in [0.29, 0.717) is 5.02 Å². The number of halogens is 1. The van der Waals surface area contributed by atoms with E-state index in [9.17, 15) is 0 Å². The molecule has 1 rings (SSSR count). The molecule has 0 radical (unpaired) electrons. The Morgan fingerprint density at radius 1 is 1.73 bits per heavy atom. The van der Waals surface area contributed by atoms with Crippen molar-refractivity contribution in [1.82, 2.24) is 0 Å². The first-order chi connectivity index (χ1) is 5.13. The van der Waals surface area contributed by atoms with Crippen molar-refractivity contribution in [3.8, 4) is 0 Å². The molecule has 0 aromatic carbocycles. The molecule has 1 aromatic rings. The van der Waals surface area contributed by atoms with E-state index in [0.717, 1.165) is 4.88 Å². The lowest BCUT2D eigenvalue weighted by molar-refractivity contribution is 0.165. The van der Waals surface area contributed by atoms with Gasteiger partial charge in [0.15, 0.2) is 0 Å². The fourth-order valence-corrected chi connectivity index (χ4v) is 2.05. The summed E-state index contributed by atoms with van der Waals surface area (Å²) in [6.07, 6.45) is -0.550.